The summed E-state index contributed by atoms with van der Waals surface area (Å²) in [5.41, 5.74) is 6.23. The monoisotopic (exact) mass is 305 g/mol. The number of rotatable bonds is 4. The highest BCUT2D eigenvalue weighted by Crippen LogP contribution is 2.22. The van der Waals surface area contributed by atoms with Gasteiger partial charge in [-0.3, -0.25) is 0 Å². The number of anilines is 1. The highest BCUT2D eigenvalue weighted by atomic mass is 32.2. The molecule has 0 saturated carbocycles. The van der Waals surface area contributed by atoms with Gasteiger partial charge < -0.3 is 5.73 Å². The lowest BCUT2D eigenvalue weighted by Gasteiger charge is -2.09. The van der Waals surface area contributed by atoms with Gasteiger partial charge in [-0.15, -0.1) is 21.5 Å². The lowest BCUT2D eigenvalue weighted by molar-refractivity contribution is 0.564. The third-order valence-corrected chi connectivity index (χ3v) is 5.80. The fraction of sp³-hybridized carbons (Fsp3) is 0.375. The summed E-state index contributed by atoms with van der Waals surface area (Å²) in [4.78, 5) is 4.23. The van der Waals surface area contributed by atoms with E-state index in [0.717, 1.165) is 17.0 Å². The first kappa shape index (κ1) is 13.3. The van der Waals surface area contributed by atoms with E-state index in [0.29, 0.717) is 5.01 Å². The molecule has 10 heteroatoms. The maximum Gasteiger partial charge on any atom is 0.270 e. The van der Waals surface area contributed by atoms with Gasteiger partial charge in [0.15, 0.2) is 0 Å². The number of hydrogen-bond donors (Lipinski definition) is 2. The van der Waals surface area contributed by atoms with Crippen molar-refractivity contribution >= 4 is 37.8 Å². The van der Waals surface area contributed by atoms with Crippen LogP contribution in [0.5, 0.6) is 0 Å². The maximum atomic E-state index is 12.0. The average molecular weight is 305 g/mol. The summed E-state index contributed by atoms with van der Waals surface area (Å²) in [6.45, 7) is 3.58. The lowest BCUT2D eigenvalue weighted by atomic mass is 10.4. The van der Waals surface area contributed by atoms with Gasteiger partial charge in [-0.25, -0.2) is 13.4 Å². The van der Waals surface area contributed by atoms with E-state index in [2.05, 4.69) is 19.9 Å². The van der Waals surface area contributed by atoms with Gasteiger partial charge in [0.25, 0.3) is 10.0 Å². The van der Waals surface area contributed by atoms with Crippen LogP contribution in [0.15, 0.2) is 9.72 Å². The Morgan fingerprint density at radius 3 is 2.67 bits per heavy atom. The molecule has 2 aromatic heterocycles. The molecule has 0 bridgehead atoms. The molecule has 2 heterocycles. The van der Waals surface area contributed by atoms with Crippen LogP contribution in [-0.2, 0) is 10.0 Å². The quantitative estimate of drug-likeness (QED) is 0.869. The molecule has 0 aliphatic heterocycles. The van der Waals surface area contributed by atoms with Gasteiger partial charge in [-0.2, -0.15) is 4.72 Å². The van der Waals surface area contributed by atoms with Crippen molar-refractivity contribution in [2.45, 2.75) is 24.2 Å². The van der Waals surface area contributed by atoms with E-state index < -0.39 is 16.1 Å². The molecule has 0 saturated heterocycles. The highest BCUT2D eigenvalue weighted by Gasteiger charge is 2.23. The molecular weight excluding hydrogens is 294 g/mol. The predicted molar refractivity (Wildman–Crippen MR) is 69.9 cm³/mol. The van der Waals surface area contributed by atoms with Crippen LogP contribution < -0.4 is 10.5 Å². The zero-order chi connectivity index (χ0) is 13.3. The van der Waals surface area contributed by atoms with E-state index in [-0.39, 0.29) is 9.47 Å². The van der Waals surface area contributed by atoms with Gasteiger partial charge in [-0.1, -0.05) is 11.3 Å². The number of thiazole rings is 1. The fourth-order valence-corrected chi connectivity index (χ4v) is 4.12. The Hall–Kier alpha value is -1.10. The molecule has 2 rings (SSSR count). The van der Waals surface area contributed by atoms with Gasteiger partial charge in [0.2, 0.25) is 9.47 Å². The standard InChI is InChI=1S/C8H11N5O2S3/c1-4-3-16-6(10-4)5(2)13-18(14,15)8-12-11-7(9)17-8/h3,5,13H,1-2H3,(H2,9,11). The van der Waals surface area contributed by atoms with Crippen molar-refractivity contribution in [3.8, 4) is 0 Å². The van der Waals surface area contributed by atoms with E-state index in [1.807, 2.05) is 12.3 Å². The van der Waals surface area contributed by atoms with Crippen LogP contribution in [0.2, 0.25) is 0 Å². The maximum absolute atomic E-state index is 12.0. The highest BCUT2D eigenvalue weighted by molar-refractivity contribution is 7.91. The first-order valence-electron chi connectivity index (χ1n) is 4.92. The molecule has 0 fully saturated rings. The minimum Gasteiger partial charge on any atom is -0.374 e. The average Bonchev–Trinajstić information content (AvgIpc) is 2.86. The SMILES string of the molecule is Cc1csc(C(C)NS(=O)(=O)c2nnc(N)s2)n1. The van der Waals surface area contributed by atoms with E-state index >= 15 is 0 Å². The number of nitrogens with zero attached hydrogens (tertiary/aromatic N) is 3. The zero-order valence-electron chi connectivity index (χ0n) is 9.61. The third-order valence-electron chi connectivity index (χ3n) is 1.99. The van der Waals surface area contributed by atoms with Crippen molar-refractivity contribution in [1.82, 2.24) is 19.9 Å². The van der Waals surface area contributed by atoms with Crippen molar-refractivity contribution in [3.63, 3.8) is 0 Å². The van der Waals surface area contributed by atoms with Crippen LogP contribution in [0.4, 0.5) is 5.13 Å². The molecule has 7 nitrogen and oxygen atoms in total. The Bertz CT molecular complexity index is 647. The van der Waals surface area contributed by atoms with Crippen LogP contribution in [0, 0.1) is 6.92 Å². The van der Waals surface area contributed by atoms with Gasteiger partial charge in [0.05, 0.1) is 6.04 Å². The molecule has 1 unspecified atom stereocenters. The molecular formula is C8H11N5O2S3. The lowest BCUT2D eigenvalue weighted by Crippen LogP contribution is -2.26. The predicted octanol–water partition coefficient (Wildman–Crippen LogP) is 0.925. The third kappa shape index (κ3) is 2.83. The second kappa shape index (κ2) is 4.88. The van der Waals surface area contributed by atoms with Crippen LogP contribution >= 0.6 is 22.7 Å². The summed E-state index contributed by atoms with van der Waals surface area (Å²) in [5.74, 6) is 0. The Morgan fingerprint density at radius 1 is 1.44 bits per heavy atom. The molecule has 3 N–H and O–H groups in total. The number of aromatic nitrogens is 3. The Labute approximate surface area is 112 Å². The molecule has 0 spiro atoms. The minimum atomic E-state index is -3.70. The number of nitrogens with two attached hydrogens (primary N) is 1. The van der Waals surface area contributed by atoms with E-state index in [9.17, 15) is 8.42 Å². The van der Waals surface area contributed by atoms with E-state index in [1.54, 1.807) is 6.92 Å². The summed E-state index contributed by atoms with van der Waals surface area (Å²) in [6.07, 6.45) is 0. The smallest absolute Gasteiger partial charge is 0.270 e. The number of aryl methyl sites for hydroxylation is 1. The second-order valence-corrected chi connectivity index (χ2v) is 7.36. The van der Waals surface area contributed by atoms with Crippen LogP contribution in [0.3, 0.4) is 0 Å². The molecule has 18 heavy (non-hydrogen) atoms. The Kier molecular flexibility index (Phi) is 3.61. The summed E-state index contributed by atoms with van der Waals surface area (Å²) in [5, 5.41) is 9.68. The molecule has 0 aromatic carbocycles. The summed E-state index contributed by atoms with van der Waals surface area (Å²) in [7, 11) is -3.70. The summed E-state index contributed by atoms with van der Waals surface area (Å²) in [6, 6.07) is -0.418. The first-order chi connectivity index (χ1) is 8.38. The summed E-state index contributed by atoms with van der Waals surface area (Å²) >= 11 is 2.23. The van der Waals surface area contributed by atoms with Crippen LogP contribution in [0.25, 0.3) is 0 Å². The molecule has 2 aromatic rings. The second-order valence-electron chi connectivity index (χ2n) is 3.58. The largest absolute Gasteiger partial charge is 0.374 e. The van der Waals surface area contributed by atoms with Crippen molar-refractivity contribution in [2.75, 3.05) is 5.73 Å². The van der Waals surface area contributed by atoms with Gasteiger partial charge in [0, 0.05) is 11.1 Å². The molecule has 0 radical (unpaired) electrons. The van der Waals surface area contributed by atoms with Crippen molar-refractivity contribution in [1.29, 1.82) is 0 Å². The van der Waals surface area contributed by atoms with Crippen molar-refractivity contribution in [2.24, 2.45) is 0 Å². The molecule has 0 amide bonds. The van der Waals surface area contributed by atoms with Crippen LogP contribution in [0.1, 0.15) is 23.7 Å². The number of hydrogen-bond acceptors (Lipinski definition) is 8. The molecule has 0 aliphatic carbocycles. The van der Waals surface area contributed by atoms with Gasteiger partial charge in [-0.05, 0) is 13.8 Å². The van der Waals surface area contributed by atoms with Crippen molar-refractivity contribution < 1.29 is 8.42 Å². The summed E-state index contributed by atoms with van der Waals surface area (Å²) < 4.78 is 26.3. The van der Waals surface area contributed by atoms with Crippen molar-refractivity contribution in [3.05, 3.63) is 16.1 Å². The molecule has 0 aliphatic rings. The van der Waals surface area contributed by atoms with E-state index in [1.165, 1.54) is 11.3 Å². The van der Waals surface area contributed by atoms with Gasteiger partial charge in [0.1, 0.15) is 5.01 Å². The van der Waals surface area contributed by atoms with Gasteiger partial charge >= 0.3 is 0 Å². The molecule has 1 atom stereocenters. The first-order valence-corrected chi connectivity index (χ1v) is 8.10. The number of nitrogens with one attached hydrogen (secondary N) is 1. The zero-order valence-corrected chi connectivity index (χ0v) is 12.1. The topological polar surface area (TPSA) is 111 Å². The van der Waals surface area contributed by atoms with E-state index in [4.69, 9.17) is 5.73 Å². The minimum absolute atomic E-state index is 0.119. The fourth-order valence-electron chi connectivity index (χ4n) is 1.23. The molecule has 98 valence electrons. The number of sulfonamides is 1. The Morgan fingerprint density at radius 2 is 2.17 bits per heavy atom. The number of nitrogen functional groups attached to an aromatic ring is 1. The van der Waals surface area contributed by atoms with Crippen LogP contribution in [-0.4, -0.2) is 23.6 Å². The Balaban J connectivity index is 2.18. The normalized spacial score (nSPS) is 13.7.